The van der Waals surface area contributed by atoms with Crippen LogP contribution in [0.15, 0.2) is 121 Å². The van der Waals surface area contributed by atoms with E-state index in [1.54, 1.807) is 0 Å². The molecule has 41 heavy (non-hydrogen) atoms. The Morgan fingerprint density at radius 3 is 1.22 bits per heavy atom. The number of aliphatic hydroxyl groups is 2. The van der Waals surface area contributed by atoms with E-state index in [-0.39, 0.29) is 13.2 Å². The summed E-state index contributed by atoms with van der Waals surface area (Å²) in [7, 11) is 0. The third-order valence-corrected chi connectivity index (χ3v) is 7.47. The highest BCUT2D eigenvalue weighted by atomic mass is 16.6. The van der Waals surface area contributed by atoms with Gasteiger partial charge in [-0.3, -0.25) is 0 Å². The Morgan fingerprint density at radius 2 is 0.780 bits per heavy atom. The van der Waals surface area contributed by atoms with Crippen LogP contribution in [0.2, 0.25) is 0 Å². The van der Waals surface area contributed by atoms with Crippen LogP contribution in [0.3, 0.4) is 0 Å². The SMILES string of the molecule is O[C@@H]1[C@H](O)[C@H](COCc2ccccc2)[C@@H](OCc2ccccc2)[C@H](OCc2ccccc2)[C@H]1OCc1ccccc1. The van der Waals surface area contributed by atoms with Gasteiger partial charge in [-0.25, -0.2) is 0 Å². The zero-order valence-corrected chi connectivity index (χ0v) is 23.1. The highest BCUT2D eigenvalue weighted by molar-refractivity contribution is 5.17. The van der Waals surface area contributed by atoms with E-state index in [0.29, 0.717) is 19.8 Å². The summed E-state index contributed by atoms with van der Waals surface area (Å²) >= 11 is 0. The third-order valence-electron chi connectivity index (χ3n) is 7.47. The molecule has 1 aliphatic rings. The number of ether oxygens (including phenoxy) is 4. The van der Waals surface area contributed by atoms with E-state index in [2.05, 4.69) is 0 Å². The first-order valence-corrected chi connectivity index (χ1v) is 14.1. The Balaban J connectivity index is 1.39. The summed E-state index contributed by atoms with van der Waals surface area (Å²) in [6, 6.07) is 39.4. The van der Waals surface area contributed by atoms with Crippen molar-refractivity contribution in [1.29, 1.82) is 0 Å². The molecule has 0 spiro atoms. The highest BCUT2D eigenvalue weighted by Crippen LogP contribution is 2.34. The molecule has 0 amide bonds. The zero-order valence-electron chi connectivity index (χ0n) is 23.1. The van der Waals surface area contributed by atoms with E-state index in [9.17, 15) is 10.2 Å². The topological polar surface area (TPSA) is 77.4 Å². The molecule has 0 heterocycles. The van der Waals surface area contributed by atoms with Gasteiger partial charge in [-0.2, -0.15) is 0 Å². The van der Waals surface area contributed by atoms with E-state index in [1.807, 2.05) is 121 Å². The molecule has 0 bridgehead atoms. The average Bonchev–Trinajstić information content (AvgIpc) is 3.03. The fourth-order valence-electron chi connectivity index (χ4n) is 5.25. The summed E-state index contributed by atoms with van der Waals surface area (Å²) in [5, 5.41) is 22.8. The van der Waals surface area contributed by atoms with Crippen molar-refractivity contribution >= 4 is 0 Å². The first kappa shape index (κ1) is 29.1. The van der Waals surface area contributed by atoms with Gasteiger partial charge in [-0.05, 0) is 22.3 Å². The number of benzene rings is 4. The molecular weight excluding hydrogens is 516 g/mol. The minimum absolute atomic E-state index is 0.184. The Morgan fingerprint density at radius 1 is 0.415 bits per heavy atom. The smallest absolute Gasteiger partial charge is 0.115 e. The fraction of sp³-hybridized carbons (Fsp3) is 0.314. The van der Waals surface area contributed by atoms with E-state index >= 15 is 0 Å². The van der Waals surface area contributed by atoms with Crippen molar-refractivity contribution < 1.29 is 29.2 Å². The lowest BCUT2D eigenvalue weighted by Crippen LogP contribution is -2.64. The molecule has 1 saturated carbocycles. The first-order chi connectivity index (χ1) is 20.2. The maximum absolute atomic E-state index is 11.4. The van der Waals surface area contributed by atoms with E-state index in [4.69, 9.17) is 18.9 Å². The Labute approximate surface area is 242 Å². The fourth-order valence-corrected chi connectivity index (χ4v) is 5.25. The van der Waals surface area contributed by atoms with Gasteiger partial charge < -0.3 is 29.2 Å². The Hall–Kier alpha value is -3.36. The molecule has 1 fully saturated rings. The second kappa shape index (κ2) is 15.0. The van der Waals surface area contributed by atoms with Crippen LogP contribution in [-0.4, -0.2) is 47.3 Å². The molecule has 0 aliphatic heterocycles. The molecule has 214 valence electrons. The molecule has 4 aromatic carbocycles. The predicted octanol–water partition coefficient (Wildman–Crippen LogP) is 5.31. The van der Waals surface area contributed by atoms with Gasteiger partial charge in [-0.1, -0.05) is 121 Å². The van der Waals surface area contributed by atoms with Crippen LogP contribution in [0.25, 0.3) is 0 Å². The van der Waals surface area contributed by atoms with Crippen LogP contribution in [0, 0.1) is 5.92 Å². The standard InChI is InChI=1S/C35H38O6/c36-31-30(25-38-21-26-13-5-1-6-14-26)33(39-22-27-15-7-2-8-16-27)35(41-24-29-19-11-4-12-20-29)34(32(31)37)40-23-28-17-9-3-10-18-28/h1-20,30-37H,21-25H2/t30-,31+,32+,33+,34-,35-/m0/s1. The lowest BCUT2D eigenvalue weighted by atomic mass is 9.78. The summed E-state index contributed by atoms with van der Waals surface area (Å²) in [6.07, 6.45) is -4.41. The second-order valence-electron chi connectivity index (χ2n) is 10.4. The van der Waals surface area contributed by atoms with Crippen LogP contribution >= 0.6 is 0 Å². The minimum atomic E-state index is -1.19. The van der Waals surface area contributed by atoms with E-state index in [0.717, 1.165) is 22.3 Å². The van der Waals surface area contributed by atoms with Crippen molar-refractivity contribution in [3.05, 3.63) is 144 Å². The molecule has 0 aromatic heterocycles. The van der Waals surface area contributed by atoms with Crippen molar-refractivity contribution in [3.8, 4) is 0 Å². The molecule has 0 saturated heterocycles. The summed E-state index contributed by atoms with van der Waals surface area (Å²) < 4.78 is 25.4. The van der Waals surface area contributed by atoms with Gasteiger partial charge in [-0.15, -0.1) is 0 Å². The van der Waals surface area contributed by atoms with Crippen LogP contribution < -0.4 is 0 Å². The zero-order chi connectivity index (χ0) is 28.3. The summed E-state index contributed by atoms with van der Waals surface area (Å²) in [4.78, 5) is 0. The molecule has 6 heteroatoms. The van der Waals surface area contributed by atoms with E-state index < -0.39 is 36.4 Å². The first-order valence-electron chi connectivity index (χ1n) is 14.1. The monoisotopic (exact) mass is 554 g/mol. The van der Waals surface area contributed by atoms with Crippen molar-refractivity contribution in [2.45, 2.75) is 56.9 Å². The summed E-state index contributed by atoms with van der Waals surface area (Å²) in [5.41, 5.74) is 3.99. The van der Waals surface area contributed by atoms with Crippen molar-refractivity contribution in [2.24, 2.45) is 5.92 Å². The highest BCUT2D eigenvalue weighted by Gasteiger charge is 2.52. The Bertz CT molecular complexity index is 1270. The number of hydrogen-bond acceptors (Lipinski definition) is 6. The summed E-state index contributed by atoms with van der Waals surface area (Å²) in [6.45, 7) is 1.46. The summed E-state index contributed by atoms with van der Waals surface area (Å²) in [5.74, 6) is -0.547. The molecule has 5 rings (SSSR count). The number of hydrogen-bond donors (Lipinski definition) is 2. The van der Waals surface area contributed by atoms with Gasteiger partial charge in [0.1, 0.15) is 18.3 Å². The molecule has 6 atom stereocenters. The van der Waals surface area contributed by atoms with Gasteiger partial charge in [0.25, 0.3) is 0 Å². The average molecular weight is 555 g/mol. The lowest BCUT2D eigenvalue weighted by Gasteiger charge is -2.47. The van der Waals surface area contributed by atoms with Crippen LogP contribution in [0.5, 0.6) is 0 Å². The van der Waals surface area contributed by atoms with Crippen LogP contribution in [-0.2, 0) is 45.4 Å². The van der Waals surface area contributed by atoms with Crippen molar-refractivity contribution in [2.75, 3.05) is 6.61 Å². The van der Waals surface area contributed by atoms with Gasteiger partial charge >= 0.3 is 0 Å². The van der Waals surface area contributed by atoms with Gasteiger partial charge in [0.05, 0.1) is 45.2 Å². The predicted molar refractivity (Wildman–Crippen MR) is 157 cm³/mol. The van der Waals surface area contributed by atoms with E-state index in [1.165, 1.54) is 0 Å². The quantitative estimate of drug-likeness (QED) is 0.233. The molecule has 1 aliphatic carbocycles. The van der Waals surface area contributed by atoms with Crippen molar-refractivity contribution in [1.82, 2.24) is 0 Å². The molecule has 0 unspecified atom stereocenters. The minimum Gasteiger partial charge on any atom is -0.390 e. The van der Waals surface area contributed by atoms with Crippen LogP contribution in [0.1, 0.15) is 22.3 Å². The van der Waals surface area contributed by atoms with Gasteiger partial charge in [0, 0.05) is 5.92 Å². The molecule has 4 aromatic rings. The molecular formula is C35H38O6. The van der Waals surface area contributed by atoms with Crippen molar-refractivity contribution in [3.63, 3.8) is 0 Å². The molecule has 2 N–H and O–H groups in total. The molecule has 0 radical (unpaired) electrons. The maximum Gasteiger partial charge on any atom is 0.115 e. The normalized spacial score (nSPS) is 24.2. The lowest BCUT2D eigenvalue weighted by molar-refractivity contribution is -0.255. The Kier molecular flexibility index (Phi) is 10.7. The third kappa shape index (κ3) is 8.11. The number of rotatable bonds is 13. The van der Waals surface area contributed by atoms with Gasteiger partial charge in [0.2, 0.25) is 0 Å². The molecule has 6 nitrogen and oxygen atoms in total. The largest absolute Gasteiger partial charge is 0.390 e. The number of aliphatic hydroxyl groups excluding tert-OH is 2. The maximum atomic E-state index is 11.4. The van der Waals surface area contributed by atoms with Gasteiger partial charge in [0.15, 0.2) is 0 Å². The second-order valence-corrected chi connectivity index (χ2v) is 10.4. The van der Waals surface area contributed by atoms with Crippen LogP contribution in [0.4, 0.5) is 0 Å².